The molecule has 0 fully saturated rings. The highest BCUT2D eigenvalue weighted by atomic mass is 31.1. The van der Waals surface area contributed by atoms with E-state index in [2.05, 4.69) is 55.5 Å². The molecule has 1 unspecified atom stereocenters. The van der Waals surface area contributed by atoms with Crippen LogP contribution in [0, 0.1) is 5.92 Å². The third-order valence-electron chi connectivity index (χ3n) is 2.52. The maximum absolute atomic E-state index is 5.54. The fraction of sp³-hybridized carbons (Fsp3) is 0.533. The first-order valence-electron chi connectivity index (χ1n) is 6.75. The average Bonchev–Trinajstić information content (AvgIpc) is 2.77. The Morgan fingerprint density at radius 3 is 2.68 bits per heavy atom. The maximum atomic E-state index is 5.54. The first kappa shape index (κ1) is 15.8. The van der Waals surface area contributed by atoms with Crippen LogP contribution in [0.25, 0.3) is 0 Å². The van der Waals surface area contributed by atoms with Crippen LogP contribution in [-0.2, 0) is 6.42 Å². The summed E-state index contributed by atoms with van der Waals surface area (Å²) in [5.41, 5.74) is 2.05. The summed E-state index contributed by atoms with van der Waals surface area (Å²) in [7, 11) is -0.545. The van der Waals surface area contributed by atoms with Crippen LogP contribution >= 0.6 is 7.55 Å². The molecule has 1 aromatic heterocycles. The second-order valence-corrected chi connectivity index (χ2v) is 6.85. The molecule has 0 N–H and O–H groups in total. The minimum absolute atomic E-state index is 0.545. The molecule has 104 valence electrons. The summed E-state index contributed by atoms with van der Waals surface area (Å²) in [5, 5.41) is 8.03. The Morgan fingerprint density at radius 1 is 1.42 bits per heavy atom. The number of allylic oxidation sites excluding steroid dienone is 4. The Morgan fingerprint density at radius 2 is 2.16 bits per heavy atom. The van der Waals surface area contributed by atoms with Crippen LogP contribution in [0.15, 0.2) is 28.2 Å². The van der Waals surface area contributed by atoms with Crippen molar-refractivity contribution in [1.82, 2.24) is 10.2 Å². The second kappa shape index (κ2) is 8.06. The van der Waals surface area contributed by atoms with Crippen molar-refractivity contribution in [3.05, 3.63) is 29.7 Å². The van der Waals surface area contributed by atoms with Crippen molar-refractivity contribution in [2.24, 2.45) is 5.92 Å². The van der Waals surface area contributed by atoms with Gasteiger partial charge in [0, 0.05) is 6.42 Å². The van der Waals surface area contributed by atoms with Gasteiger partial charge in [-0.2, -0.15) is 0 Å². The first-order chi connectivity index (χ1) is 9.02. The van der Waals surface area contributed by atoms with Gasteiger partial charge in [-0.15, -0.1) is 5.10 Å². The normalized spacial score (nSPS) is 13.5. The van der Waals surface area contributed by atoms with Gasteiger partial charge in [0.2, 0.25) is 5.89 Å². The summed E-state index contributed by atoms with van der Waals surface area (Å²) in [6.07, 6.45) is 13.3. The molecule has 0 spiro atoms. The van der Waals surface area contributed by atoms with Crippen LogP contribution in [0.1, 0.15) is 39.5 Å². The highest BCUT2D eigenvalue weighted by molar-refractivity contribution is 7.62. The van der Waals surface area contributed by atoms with Gasteiger partial charge in [0.05, 0.1) is 6.30 Å². The summed E-state index contributed by atoms with van der Waals surface area (Å²) < 4.78 is 5.54. The van der Waals surface area contributed by atoms with E-state index in [9.17, 15) is 0 Å². The summed E-state index contributed by atoms with van der Waals surface area (Å²) in [6.45, 7) is 8.64. The number of aromatic nitrogens is 2. The molecule has 0 saturated carbocycles. The van der Waals surface area contributed by atoms with E-state index in [0.29, 0.717) is 23.9 Å². The van der Waals surface area contributed by atoms with Gasteiger partial charge < -0.3 is 4.42 Å². The quantitative estimate of drug-likeness (QED) is 0.564. The van der Waals surface area contributed by atoms with Gasteiger partial charge in [-0.3, -0.25) is 0 Å². The molecule has 1 aromatic rings. The van der Waals surface area contributed by atoms with E-state index >= 15 is 0 Å². The largest absolute Gasteiger partial charge is 0.424 e. The highest BCUT2D eigenvalue weighted by Gasteiger charge is 2.13. The molecule has 1 rings (SSSR count). The predicted molar refractivity (Wildman–Crippen MR) is 84.6 cm³/mol. The van der Waals surface area contributed by atoms with Gasteiger partial charge in [-0.1, -0.05) is 49.7 Å². The molecule has 0 aromatic carbocycles. The van der Waals surface area contributed by atoms with Crippen molar-refractivity contribution < 1.29 is 4.42 Å². The minimum Gasteiger partial charge on any atom is -0.389 e. The topological polar surface area (TPSA) is 38.9 Å². The molecule has 4 heteroatoms. The number of hydrogen-bond donors (Lipinski definition) is 0. The average molecular weight is 279 g/mol. The monoisotopic (exact) mass is 279 g/mol. The predicted octanol–water partition coefficient (Wildman–Crippen LogP) is 3.72. The molecule has 3 nitrogen and oxygen atoms in total. The molecule has 0 saturated heterocycles. The molecule has 0 aliphatic rings. The first-order valence-corrected chi connectivity index (χ1v) is 8.72. The number of nitrogens with zero attached hydrogens (tertiary/aromatic N) is 2. The third kappa shape index (κ3) is 5.98. The Labute approximate surface area is 117 Å². The van der Waals surface area contributed by atoms with Crippen LogP contribution in [0.5, 0.6) is 0 Å². The lowest BCUT2D eigenvalue weighted by molar-refractivity contribution is 0.537. The summed E-state index contributed by atoms with van der Waals surface area (Å²) in [4.78, 5) is 0. The molecule has 1 heterocycles. The van der Waals surface area contributed by atoms with E-state index in [-0.39, 0.29) is 0 Å². The molecule has 0 aliphatic carbocycles. The van der Waals surface area contributed by atoms with Crippen molar-refractivity contribution in [3.63, 3.8) is 0 Å². The van der Waals surface area contributed by atoms with E-state index in [4.69, 9.17) is 4.42 Å². The lowest BCUT2D eigenvalue weighted by Gasteiger charge is -2.05. The highest BCUT2D eigenvalue weighted by Crippen LogP contribution is 2.14. The van der Waals surface area contributed by atoms with Gasteiger partial charge in [-0.25, -0.2) is 0 Å². The van der Waals surface area contributed by atoms with E-state index in [1.54, 1.807) is 0 Å². The molecule has 0 aliphatic heterocycles. The summed E-state index contributed by atoms with van der Waals surface area (Å²) >= 11 is 0. The van der Waals surface area contributed by atoms with Crippen molar-refractivity contribution in [3.8, 4) is 0 Å². The van der Waals surface area contributed by atoms with Crippen LogP contribution in [0.4, 0.5) is 0 Å². The van der Waals surface area contributed by atoms with Crippen LogP contribution in [-0.4, -0.2) is 23.2 Å². The Kier molecular flexibility index (Phi) is 6.72. The molecular formula is C15H24N2OP+. The Balaban J connectivity index is 2.59. The zero-order valence-electron chi connectivity index (χ0n) is 12.4. The van der Waals surface area contributed by atoms with Crippen molar-refractivity contribution in [2.75, 3.05) is 6.66 Å². The van der Waals surface area contributed by atoms with Crippen LogP contribution in [0.2, 0.25) is 0 Å². The molecule has 19 heavy (non-hydrogen) atoms. The van der Waals surface area contributed by atoms with E-state index in [0.717, 1.165) is 12.8 Å². The minimum atomic E-state index is -0.545. The van der Waals surface area contributed by atoms with Crippen LogP contribution < -0.4 is 5.63 Å². The third-order valence-corrected chi connectivity index (χ3v) is 3.35. The van der Waals surface area contributed by atoms with Gasteiger partial charge in [-0.05, 0) is 18.8 Å². The Bertz CT molecular complexity index is 472. The standard InChI is InChI=1S/C15H24N2OP/c1-6-8-13(11-12(2)3)9-7-10-14-16-17-15(18-14)19(4)5/h7-9,12H,4,6,10-11H2,1-3,5H3/q+1/b9-7-,13-8+. The smallest absolute Gasteiger partial charge is 0.389 e. The fourth-order valence-corrected chi connectivity index (χ4v) is 2.20. The molecular weight excluding hydrogens is 255 g/mol. The van der Waals surface area contributed by atoms with E-state index in [1.165, 1.54) is 5.57 Å². The number of hydrogen-bond acceptors (Lipinski definition) is 3. The lowest BCUT2D eigenvalue weighted by atomic mass is 10.0. The van der Waals surface area contributed by atoms with Gasteiger partial charge in [0.25, 0.3) is 0 Å². The second-order valence-electron chi connectivity index (χ2n) is 5.07. The van der Waals surface area contributed by atoms with E-state index < -0.39 is 7.55 Å². The fourth-order valence-electron chi connectivity index (χ4n) is 1.75. The van der Waals surface area contributed by atoms with Crippen LogP contribution in [0.3, 0.4) is 0 Å². The zero-order chi connectivity index (χ0) is 14.3. The van der Waals surface area contributed by atoms with Gasteiger partial charge >= 0.3 is 5.63 Å². The molecule has 0 radical (unpaired) electrons. The van der Waals surface area contributed by atoms with Crippen molar-refractivity contribution in [1.29, 1.82) is 0 Å². The maximum Gasteiger partial charge on any atom is 0.424 e. The van der Waals surface area contributed by atoms with Gasteiger partial charge in [0.15, 0.2) is 7.55 Å². The van der Waals surface area contributed by atoms with E-state index in [1.807, 2.05) is 6.66 Å². The SMILES string of the molecule is C=[P+](C)c1nnc(C/C=C\C(=C/CC)CC(C)C)o1. The lowest BCUT2D eigenvalue weighted by Crippen LogP contribution is -1.94. The summed E-state index contributed by atoms with van der Waals surface area (Å²) in [6, 6.07) is 0. The number of rotatable bonds is 7. The van der Waals surface area contributed by atoms with Crippen molar-refractivity contribution in [2.45, 2.75) is 40.0 Å². The van der Waals surface area contributed by atoms with Gasteiger partial charge in [0.1, 0.15) is 6.66 Å². The molecule has 0 bridgehead atoms. The van der Waals surface area contributed by atoms with Crippen molar-refractivity contribution >= 4 is 19.5 Å². The molecule has 0 amide bonds. The Hall–Kier alpha value is -1.21. The molecule has 1 atom stereocenters. The summed E-state index contributed by atoms with van der Waals surface area (Å²) in [5.74, 6) is 1.34. The zero-order valence-corrected chi connectivity index (χ0v) is 13.3.